The van der Waals surface area contributed by atoms with E-state index in [-0.39, 0.29) is 0 Å². The average molecular weight is 369 g/mol. The molecule has 0 amide bonds. The maximum absolute atomic E-state index is 5.08. The molecule has 2 aromatic rings. The molecule has 0 radical (unpaired) electrons. The van der Waals surface area contributed by atoms with Crippen LogP contribution in [-0.2, 0) is 0 Å². The number of hydrogen-bond donors (Lipinski definition) is 1. The Kier molecular flexibility index (Phi) is 6.65. The normalized spacial score (nSPS) is 20.9. The second-order valence-electron chi connectivity index (χ2n) is 8.79. The fourth-order valence-corrected chi connectivity index (χ4v) is 5.07. The van der Waals surface area contributed by atoms with Gasteiger partial charge in [0.05, 0.1) is 5.69 Å². The molecule has 1 N–H and O–H groups in total. The molecule has 148 valence electrons. The molecule has 0 bridgehead atoms. The number of rotatable bonds is 5. The third-order valence-electron chi connectivity index (χ3n) is 6.74. The second kappa shape index (κ2) is 9.57. The fraction of sp³-hybridized carbons (Fsp3) is 0.739. The van der Waals surface area contributed by atoms with Crippen molar-refractivity contribution in [1.29, 1.82) is 0 Å². The molecule has 0 unspecified atom stereocenters. The van der Waals surface area contributed by atoms with Gasteiger partial charge in [-0.25, -0.2) is 9.97 Å². The van der Waals surface area contributed by atoms with E-state index in [9.17, 15) is 0 Å². The Morgan fingerprint density at radius 3 is 2.30 bits per heavy atom. The van der Waals surface area contributed by atoms with Crippen molar-refractivity contribution in [2.75, 3.05) is 11.9 Å². The van der Waals surface area contributed by atoms with E-state index in [4.69, 9.17) is 4.98 Å². The van der Waals surface area contributed by atoms with Gasteiger partial charge in [-0.15, -0.1) is 0 Å². The van der Waals surface area contributed by atoms with Gasteiger partial charge in [0.15, 0.2) is 11.5 Å². The van der Waals surface area contributed by atoms with Gasteiger partial charge in [0, 0.05) is 31.1 Å². The topological polar surface area (TPSA) is 42.2 Å². The minimum atomic E-state index is 0.611. The minimum Gasteiger partial charge on any atom is -0.367 e. The summed E-state index contributed by atoms with van der Waals surface area (Å²) in [6.45, 7) is 1.02. The van der Waals surface area contributed by atoms with Crippen LogP contribution >= 0.6 is 0 Å². The molecule has 0 atom stereocenters. The maximum Gasteiger partial charge on any atom is 0.180 e. The molecule has 2 aliphatic carbocycles. The predicted octanol–water partition coefficient (Wildman–Crippen LogP) is 6.33. The van der Waals surface area contributed by atoms with Crippen LogP contribution in [0.1, 0.15) is 102 Å². The van der Waals surface area contributed by atoms with Crippen LogP contribution in [0.2, 0.25) is 0 Å². The van der Waals surface area contributed by atoms with E-state index in [2.05, 4.69) is 27.1 Å². The summed E-state index contributed by atoms with van der Waals surface area (Å²) in [6, 6.07) is 0. The van der Waals surface area contributed by atoms with Crippen molar-refractivity contribution in [2.45, 2.75) is 95.8 Å². The molecule has 2 fully saturated rings. The van der Waals surface area contributed by atoms with Crippen molar-refractivity contribution in [1.82, 2.24) is 14.4 Å². The first kappa shape index (κ1) is 18.8. The summed E-state index contributed by atoms with van der Waals surface area (Å²) in [5.74, 6) is 2.50. The number of imidazole rings is 1. The Morgan fingerprint density at radius 2 is 1.56 bits per heavy atom. The number of fused-ring (bicyclic) bond motifs is 1. The van der Waals surface area contributed by atoms with Gasteiger partial charge in [-0.05, 0) is 25.2 Å². The molecule has 4 rings (SSSR count). The highest BCUT2D eigenvalue weighted by Gasteiger charge is 2.18. The lowest BCUT2D eigenvalue weighted by molar-refractivity contribution is 0.438. The molecule has 2 heterocycles. The molecule has 4 nitrogen and oxygen atoms in total. The summed E-state index contributed by atoms with van der Waals surface area (Å²) < 4.78 is 2.18. The van der Waals surface area contributed by atoms with Crippen LogP contribution in [-0.4, -0.2) is 20.9 Å². The highest BCUT2D eigenvalue weighted by atomic mass is 15.1. The fourth-order valence-electron chi connectivity index (χ4n) is 5.07. The maximum atomic E-state index is 5.08. The third-order valence-corrected chi connectivity index (χ3v) is 6.74. The predicted molar refractivity (Wildman–Crippen MR) is 112 cm³/mol. The number of nitrogens with zero attached hydrogens (tertiary/aromatic N) is 3. The smallest absolute Gasteiger partial charge is 0.180 e. The molecule has 0 aliphatic heterocycles. The van der Waals surface area contributed by atoms with E-state index in [1.54, 1.807) is 0 Å². The summed E-state index contributed by atoms with van der Waals surface area (Å²) in [7, 11) is 0. The SMILES string of the molecule is c1cn2cc(C3CCCCCCC3)nc(NCCC3CCCCCC3)c2n1. The Labute approximate surface area is 164 Å². The van der Waals surface area contributed by atoms with Crippen molar-refractivity contribution < 1.29 is 0 Å². The summed E-state index contributed by atoms with van der Waals surface area (Å²) in [5, 5.41) is 3.65. The van der Waals surface area contributed by atoms with Crippen molar-refractivity contribution >= 4 is 11.5 Å². The third kappa shape index (κ3) is 5.03. The van der Waals surface area contributed by atoms with Crippen molar-refractivity contribution in [3.05, 3.63) is 24.3 Å². The van der Waals surface area contributed by atoms with Crippen LogP contribution in [0.25, 0.3) is 5.65 Å². The van der Waals surface area contributed by atoms with Crippen LogP contribution in [0.15, 0.2) is 18.6 Å². The van der Waals surface area contributed by atoms with Crippen molar-refractivity contribution in [2.24, 2.45) is 5.92 Å². The Hall–Kier alpha value is -1.58. The molecule has 0 saturated heterocycles. The molecule has 2 aromatic heterocycles. The van der Waals surface area contributed by atoms with Crippen LogP contribution < -0.4 is 5.32 Å². The largest absolute Gasteiger partial charge is 0.367 e. The zero-order chi connectivity index (χ0) is 18.3. The van der Waals surface area contributed by atoms with Crippen molar-refractivity contribution in [3.8, 4) is 0 Å². The summed E-state index contributed by atoms with van der Waals surface area (Å²) >= 11 is 0. The molecular weight excluding hydrogens is 332 g/mol. The highest BCUT2D eigenvalue weighted by Crippen LogP contribution is 2.31. The van der Waals surface area contributed by atoms with Gasteiger partial charge in [-0.3, -0.25) is 0 Å². The van der Waals surface area contributed by atoms with Gasteiger partial charge in [0.2, 0.25) is 0 Å². The lowest BCUT2D eigenvalue weighted by atomic mass is 9.89. The lowest BCUT2D eigenvalue weighted by Gasteiger charge is -2.20. The Morgan fingerprint density at radius 1 is 0.889 bits per heavy atom. The Balaban J connectivity index is 1.45. The van der Waals surface area contributed by atoms with Gasteiger partial charge in [-0.1, -0.05) is 70.6 Å². The standard InChI is InChI=1S/C23H36N4/c1-2-8-12-20(13-9-3-1)21-18-27-17-16-25-23(27)22(26-21)24-15-14-19-10-6-4-5-7-11-19/h16-20H,1-15H2,(H,24,26). The van der Waals surface area contributed by atoms with Crippen LogP contribution in [0, 0.1) is 5.92 Å². The van der Waals surface area contributed by atoms with E-state index >= 15 is 0 Å². The zero-order valence-corrected chi connectivity index (χ0v) is 16.8. The monoisotopic (exact) mass is 368 g/mol. The summed E-state index contributed by atoms with van der Waals surface area (Å²) in [6.07, 6.45) is 25.4. The van der Waals surface area contributed by atoms with Gasteiger partial charge < -0.3 is 9.72 Å². The molecule has 2 saturated carbocycles. The van der Waals surface area contributed by atoms with E-state index in [1.165, 1.54) is 95.6 Å². The molecule has 0 spiro atoms. The van der Waals surface area contributed by atoms with E-state index in [1.807, 2.05) is 6.20 Å². The van der Waals surface area contributed by atoms with E-state index in [0.717, 1.165) is 23.9 Å². The minimum absolute atomic E-state index is 0.611. The molecular formula is C23H36N4. The summed E-state index contributed by atoms with van der Waals surface area (Å²) in [5.41, 5.74) is 2.24. The van der Waals surface area contributed by atoms with Crippen LogP contribution in [0.5, 0.6) is 0 Å². The van der Waals surface area contributed by atoms with Gasteiger partial charge >= 0.3 is 0 Å². The van der Waals surface area contributed by atoms with E-state index in [0.29, 0.717) is 5.92 Å². The first-order valence-electron chi connectivity index (χ1n) is 11.5. The zero-order valence-electron chi connectivity index (χ0n) is 16.8. The first-order valence-corrected chi connectivity index (χ1v) is 11.5. The van der Waals surface area contributed by atoms with Gasteiger partial charge in [-0.2, -0.15) is 0 Å². The quantitative estimate of drug-likeness (QED) is 0.627. The van der Waals surface area contributed by atoms with E-state index < -0.39 is 0 Å². The lowest BCUT2D eigenvalue weighted by Crippen LogP contribution is -2.13. The molecule has 0 aromatic carbocycles. The number of nitrogens with one attached hydrogen (secondary N) is 1. The average Bonchev–Trinajstić information content (AvgIpc) is 2.97. The molecule has 27 heavy (non-hydrogen) atoms. The number of anilines is 1. The molecule has 2 aliphatic rings. The van der Waals surface area contributed by atoms with Gasteiger partial charge in [0.25, 0.3) is 0 Å². The number of aromatic nitrogens is 3. The second-order valence-corrected chi connectivity index (χ2v) is 8.79. The van der Waals surface area contributed by atoms with Crippen LogP contribution in [0.4, 0.5) is 5.82 Å². The van der Waals surface area contributed by atoms with Gasteiger partial charge in [0.1, 0.15) is 0 Å². The van der Waals surface area contributed by atoms with Crippen molar-refractivity contribution in [3.63, 3.8) is 0 Å². The Bertz CT molecular complexity index is 691. The highest BCUT2D eigenvalue weighted by molar-refractivity contribution is 5.62. The number of hydrogen-bond acceptors (Lipinski definition) is 3. The summed E-state index contributed by atoms with van der Waals surface area (Å²) in [4.78, 5) is 9.63. The van der Waals surface area contributed by atoms with Crippen LogP contribution in [0.3, 0.4) is 0 Å². The molecule has 4 heteroatoms. The first-order chi connectivity index (χ1) is 13.4.